The van der Waals surface area contributed by atoms with Crippen molar-refractivity contribution in [2.24, 2.45) is 0 Å². The summed E-state index contributed by atoms with van der Waals surface area (Å²) in [5.74, 6) is 0.824. The summed E-state index contributed by atoms with van der Waals surface area (Å²) < 4.78 is 11.6. The van der Waals surface area contributed by atoms with E-state index in [2.05, 4.69) is 10.3 Å². The molecule has 0 saturated heterocycles. The van der Waals surface area contributed by atoms with E-state index in [0.29, 0.717) is 41.4 Å². The summed E-state index contributed by atoms with van der Waals surface area (Å²) in [7, 11) is 4.92. The summed E-state index contributed by atoms with van der Waals surface area (Å²) in [5, 5.41) is 25.2. The van der Waals surface area contributed by atoms with E-state index in [1.807, 2.05) is 50.2 Å². The highest BCUT2D eigenvalue weighted by Gasteiger charge is 2.24. The molecule has 0 saturated carbocycles. The normalized spacial score (nSPS) is 11.8. The number of hydrogen-bond acceptors (Lipinski definition) is 7. The molecular weight excluding hydrogens is 508 g/mol. The Morgan fingerprint density at radius 1 is 1.05 bits per heavy atom. The van der Waals surface area contributed by atoms with Crippen LogP contribution < -0.4 is 10.1 Å². The fraction of sp³-hybridized carbons (Fsp3) is 0.290. The molecule has 4 rings (SSSR count). The topological polar surface area (TPSA) is 109 Å². The monoisotopic (exact) mass is 544 g/mol. The highest BCUT2D eigenvalue weighted by atomic mass is 16.5. The van der Waals surface area contributed by atoms with E-state index in [1.54, 1.807) is 57.4 Å². The first-order chi connectivity index (χ1) is 19.2. The molecule has 9 nitrogen and oxygen atoms in total. The van der Waals surface area contributed by atoms with E-state index in [9.17, 15) is 15.1 Å². The average molecular weight is 545 g/mol. The number of nitrogens with one attached hydrogen (secondary N) is 1. The molecule has 1 unspecified atom stereocenters. The second-order valence-electron chi connectivity index (χ2n) is 9.75. The quantitative estimate of drug-likeness (QED) is 0.186. The predicted molar refractivity (Wildman–Crippen MR) is 155 cm³/mol. The van der Waals surface area contributed by atoms with Gasteiger partial charge in [0.15, 0.2) is 12.1 Å². The maximum absolute atomic E-state index is 12.8. The van der Waals surface area contributed by atoms with Gasteiger partial charge in [0.1, 0.15) is 11.4 Å². The second-order valence-corrected chi connectivity index (χ2v) is 9.75. The van der Waals surface area contributed by atoms with Gasteiger partial charge in [0.25, 0.3) is 5.91 Å². The zero-order chi connectivity index (χ0) is 29.0. The molecule has 4 aromatic rings. The minimum atomic E-state index is -1.29. The number of aliphatic hydroxyl groups excluding tert-OH is 1. The van der Waals surface area contributed by atoms with Crippen molar-refractivity contribution in [1.82, 2.24) is 14.6 Å². The van der Waals surface area contributed by atoms with Crippen molar-refractivity contribution >= 4 is 11.6 Å². The van der Waals surface area contributed by atoms with E-state index in [1.165, 1.54) is 0 Å². The van der Waals surface area contributed by atoms with Crippen molar-refractivity contribution < 1.29 is 24.6 Å². The fourth-order valence-electron chi connectivity index (χ4n) is 4.83. The van der Waals surface area contributed by atoms with Crippen molar-refractivity contribution in [3.05, 3.63) is 88.7 Å². The van der Waals surface area contributed by atoms with Crippen LogP contribution in [0.2, 0.25) is 0 Å². The van der Waals surface area contributed by atoms with Crippen LogP contribution in [-0.2, 0) is 4.74 Å². The zero-order valence-corrected chi connectivity index (χ0v) is 23.7. The van der Waals surface area contributed by atoms with Crippen LogP contribution in [0.3, 0.4) is 0 Å². The first-order valence-corrected chi connectivity index (χ1v) is 13.0. The number of rotatable bonds is 10. The van der Waals surface area contributed by atoms with Gasteiger partial charge >= 0.3 is 0 Å². The molecule has 0 aliphatic heterocycles. The van der Waals surface area contributed by atoms with Crippen LogP contribution in [0, 0.1) is 20.8 Å². The van der Waals surface area contributed by atoms with Crippen molar-refractivity contribution in [3.63, 3.8) is 0 Å². The number of benzene rings is 3. The largest absolute Gasteiger partial charge is 0.496 e. The lowest BCUT2D eigenvalue weighted by atomic mass is 9.93. The SMILES string of the molecule is COCCN(C)C(=O)c1cccc(NC(O)c2c(C)nc(-c3ccc(OC)c(-c4c(C)cccc4C)c3)n2O)c1. The van der Waals surface area contributed by atoms with Crippen LogP contribution in [-0.4, -0.2) is 65.3 Å². The highest BCUT2D eigenvalue weighted by Crippen LogP contribution is 2.38. The summed E-state index contributed by atoms with van der Waals surface area (Å²) in [4.78, 5) is 18.9. The molecule has 0 fully saturated rings. The molecule has 0 spiro atoms. The zero-order valence-electron chi connectivity index (χ0n) is 23.7. The van der Waals surface area contributed by atoms with E-state index < -0.39 is 6.23 Å². The molecule has 1 amide bonds. The van der Waals surface area contributed by atoms with Crippen molar-refractivity contribution in [3.8, 4) is 28.3 Å². The molecule has 0 radical (unpaired) electrons. The van der Waals surface area contributed by atoms with Crippen LogP contribution in [0.5, 0.6) is 5.75 Å². The van der Waals surface area contributed by atoms with Gasteiger partial charge in [0, 0.05) is 43.1 Å². The van der Waals surface area contributed by atoms with Crippen LogP contribution in [0.1, 0.15) is 39.1 Å². The Morgan fingerprint density at radius 3 is 2.42 bits per heavy atom. The molecule has 0 aliphatic rings. The van der Waals surface area contributed by atoms with Crippen LogP contribution in [0.25, 0.3) is 22.5 Å². The molecule has 1 aromatic heterocycles. The Hall–Kier alpha value is -4.34. The Bertz CT molecular complexity index is 1490. The molecule has 9 heteroatoms. The molecule has 210 valence electrons. The first kappa shape index (κ1) is 28.7. The minimum Gasteiger partial charge on any atom is -0.496 e. The Labute approximate surface area is 234 Å². The van der Waals surface area contributed by atoms with Gasteiger partial charge in [0.05, 0.1) is 19.4 Å². The average Bonchev–Trinajstić information content (AvgIpc) is 3.24. The van der Waals surface area contributed by atoms with E-state index in [-0.39, 0.29) is 17.4 Å². The number of hydrogen-bond donors (Lipinski definition) is 3. The van der Waals surface area contributed by atoms with Crippen molar-refractivity contribution in [2.75, 3.05) is 39.7 Å². The first-order valence-electron chi connectivity index (χ1n) is 13.0. The van der Waals surface area contributed by atoms with Gasteiger partial charge in [-0.2, -0.15) is 4.73 Å². The molecule has 1 atom stereocenters. The maximum atomic E-state index is 12.8. The minimum absolute atomic E-state index is 0.167. The molecule has 0 bridgehead atoms. The van der Waals surface area contributed by atoms with Gasteiger partial charge in [-0.1, -0.05) is 24.3 Å². The number of methoxy groups -OCH3 is 2. The van der Waals surface area contributed by atoms with Crippen LogP contribution in [0.4, 0.5) is 5.69 Å². The number of ether oxygens (including phenoxy) is 2. The summed E-state index contributed by atoms with van der Waals surface area (Å²) in [6, 6.07) is 18.5. The Morgan fingerprint density at radius 2 is 1.75 bits per heavy atom. The number of imidazole rings is 1. The predicted octanol–water partition coefficient (Wildman–Crippen LogP) is 5.21. The molecule has 1 heterocycles. The summed E-state index contributed by atoms with van der Waals surface area (Å²) in [6.07, 6.45) is -1.29. The summed E-state index contributed by atoms with van der Waals surface area (Å²) >= 11 is 0. The van der Waals surface area contributed by atoms with Gasteiger partial charge in [-0.3, -0.25) is 4.79 Å². The number of aromatic nitrogens is 2. The number of aryl methyl sites for hydroxylation is 3. The van der Waals surface area contributed by atoms with Gasteiger partial charge in [-0.25, -0.2) is 4.98 Å². The lowest BCUT2D eigenvalue weighted by molar-refractivity contribution is 0.0744. The van der Waals surface area contributed by atoms with E-state index >= 15 is 0 Å². The van der Waals surface area contributed by atoms with E-state index in [0.717, 1.165) is 27.0 Å². The van der Waals surface area contributed by atoms with Crippen molar-refractivity contribution in [1.29, 1.82) is 0 Å². The van der Waals surface area contributed by atoms with Gasteiger partial charge in [-0.15, -0.1) is 0 Å². The number of carbonyl (C=O) groups excluding carboxylic acids is 1. The fourth-order valence-corrected chi connectivity index (χ4v) is 4.83. The maximum Gasteiger partial charge on any atom is 0.253 e. The lowest BCUT2D eigenvalue weighted by Crippen LogP contribution is -2.30. The third-order valence-electron chi connectivity index (χ3n) is 6.93. The molecular formula is C31H36N4O5. The highest BCUT2D eigenvalue weighted by molar-refractivity contribution is 5.95. The molecule has 3 N–H and O–H groups in total. The number of nitrogens with zero attached hydrogens (tertiary/aromatic N) is 3. The molecule has 3 aromatic carbocycles. The number of amides is 1. The van der Waals surface area contributed by atoms with Crippen LogP contribution >= 0.6 is 0 Å². The number of anilines is 1. The third-order valence-corrected chi connectivity index (χ3v) is 6.93. The molecule has 40 heavy (non-hydrogen) atoms. The van der Waals surface area contributed by atoms with Gasteiger partial charge < -0.3 is 30.0 Å². The van der Waals surface area contributed by atoms with Crippen molar-refractivity contribution in [2.45, 2.75) is 27.0 Å². The Kier molecular flexibility index (Phi) is 8.77. The third kappa shape index (κ3) is 5.80. The summed E-state index contributed by atoms with van der Waals surface area (Å²) in [6.45, 7) is 6.70. The number of carbonyl (C=O) groups is 1. The van der Waals surface area contributed by atoms with Gasteiger partial charge in [0.2, 0.25) is 0 Å². The molecule has 0 aliphatic carbocycles. The Balaban J connectivity index is 1.64. The number of likely N-dealkylation sites (N-methyl/N-ethyl adjacent to an activating group) is 1. The standard InChI is InChI=1S/C31H36N4O5/c1-19-9-7-10-20(2)27(19)25-18-22(13-14-26(25)40-6)29-32-21(3)28(35(29)38)30(36)33-24-12-8-11-23(17-24)31(37)34(4)15-16-39-5/h7-14,17-18,30,33,36,38H,15-16H2,1-6H3. The summed E-state index contributed by atoms with van der Waals surface area (Å²) in [5.41, 5.74) is 6.42. The lowest BCUT2D eigenvalue weighted by Gasteiger charge is -2.19. The van der Waals surface area contributed by atoms with E-state index in [4.69, 9.17) is 9.47 Å². The second kappa shape index (κ2) is 12.2. The van der Waals surface area contributed by atoms with Gasteiger partial charge in [-0.05, 0) is 73.9 Å². The van der Waals surface area contributed by atoms with Crippen LogP contribution in [0.15, 0.2) is 60.7 Å². The smallest absolute Gasteiger partial charge is 0.253 e. The number of aliphatic hydroxyl groups is 1.